The van der Waals surface area contributed by atoms with Gasteiger partial charge in [0.15, 0.2) is 0 Å². The number of nitrogens with one attached hydrogen (secondary N) is 1. The third-order valence-corrected chi connectivity index (χ3v) is 4.84. The molecule has 2 aliphatic carbocycles. The molecular weight excluding hydrogens is 196 g/mol. The van der Waals surface area contributed by atoms with Crippen molar-refractivity contribution in [3.8, 4) is 0 Å². The van der Waals surface area contributed by atoms with Gasteiger partial charge in [0.05, 0.1) is 0 Å². The van der Waals surface area contributed by atoms with Gasteiger partial charge < -0.3 is 10.2 Å². The van der Waals surface area contributed by atoms with Crippen molar-refractivity contribution in [2.24, 2.45) is 11.8 Å². The van der Waals surface area contributed by atoms with E-state index in [1.807, 2.05) is 0 Å². The molecule has 0 aromatic heterocycles. The molecule has 3 rings (SSSR count). The van der Waals surface area contributed by atoms with Crippen LogP contribution in [0, 0.1) is 11.8 Å². The maximum Gasteiger partial charge on any atom is 0.0151 e. The van der Waals surface area contributed by atoms with Crippen molar-refractivity contribution in [3.05, 3.63) is 0 Å². The van der Waals surface area contributed by atoms with E-state index < -0.39 is 0 Å². The van der Waals surface area contributed by atoms with Gasteiger partial charge in [-0.2, -0.15) is 0 Å². The molecular formula is C14H26N2. The molecule has 0 amide bonds. The average Bonchev–Trinajstić information content (AvgIpc) is 3.00. The summed E-state index contributed by atoms with van der Waals surface area (Å²) in [6, 6.07) is 2.49. The normalized spacial score (nSPS) is 40.3. The number of rotatable bonds is 3. The summed E-state index contributed by atoms with van der Waals surface area (Å²) in [4.78, 5) is 2.71. The van der Waals surface area contributed by atoms with Crippen molar-refractivity contribution >= 4 is 0 Å². The minimum atomic E-state index is 0.741. The second kappa shape index (κ2) is 4.30. The summed E-state index contributed by atoms with van der Waals surface area (Å²) in [5, 5.41) is 3.93. The highest BCUT2D eigenvalue weighted by atomic mass is 15.2. The largest absolute Gasteiger partial charge is 0.311 e. The van der Waals surface area contributed by atoms with Crippen molar-refractivity contribution in [3.63, 3.8) is 0 Å². The number of piperidine rings is 1. The van der Waals surface area contributed by atoms with Crippen LogP contribution in [0.2, 0.25) is 0 Å². The molecule has 2 atom stereocenters. The summed E-state index contributed by atoms with van der Waals surface area (Å²) < 4.78 is 0. The van der Waals surface area contributed by atoms with Gasteiger partial charge in [0.25, 0.3) is 0 Å². The van der Waals surface area contributed by atoms with Gasteiger partial charge in [-0.05, 0) is 51.4 Å². The predicted octanol–water partition coefficient (Wildman–Crippen LogP) is 2.25. The lowest BCUT2D eigenvalue weighted by Crippen LogP contribution is -2.58. The monoisotopic (exact) mass is 222 g/mol. The second-order valence-electron chi connectivity index (χ2n) is 6.47. The van der Waals surface area contributed by atoms with Crippen LogP contribution in [0.15, 0.2) is 0 Å². The summed E-state index contributed by atoms with van der Waals surface area (Å²) in [5.74, 6) is 1.88. The summed E-state index contributed by atoms with van der Waals surface area (Å²) in [6.07, 6.45) is 7.27. The Balaban J connectivity index is 1.67. The summed E-state index contributed by atoms with van der Waals surface area (Å²) in [5.41, 5.74) is 0. The van der Waals surface area contributed by atoms with Gasteiger partial charge in [0.2, 0.25) is 0 Å². The van der Waals surface area contributed by atoms with Crippen molar-refractivity contribution in [1.82, 2.24) is 10.2 Å². The fourth-order valence-electron chi connectivity index (χ4n) is 3.69. The molecule has 2 heteroatoms. The standard InChI is InChI=1S/C14H26N2/c1-10(2)16-8-11-4-3-5-12(9-16)14(11)15-13-6-7-13/h10-15H,3-9H2,1-2H3. The molecule has 1 aliphatic heterocycles. The average molecular weight is 222 g/mol. The van der Waals surface area contributed by atoms with Crippen LogP contribution in [0.25, 0.3) is 0 Å². The van der Waals surface area contributed by atoms with Gasteiger partial charge in [-0.1, -0.05) is 6.42 Å². The smallest absolute Gasteiger partial charge is 0.0151 e. The highest BCUT2D eigenvalue weighted by molar-refractivity contribution is 4.98. The van der Waals surface area contributed by atoms with E-state index in [-0.39, 0.29) is 0 Å². The molecule has 3 aliphatic rings. The lowest BCUT2D eigenvalue weighted by atomic mass is 9.73. The van der Waals surface area contributed by atoms with Crippen LogP contribution >= 0.6 is 0 Å². The Morgan fingerprint density at radius 2 is 1.62 bits per heavy atom. The van der Waals surface area contributed by atoms with E-state index in [9.17, 15) is 0 Å². The number of fused-ring (bicyclic) bond motifs is 2. The Kier molecular flexibility index (Phi) is 2.97. The van der Waals surface area contributed by atoms with Gasteiger partial charge in [0.1, 0.15) is 0 Å². The molecule has 2 nitrogen and oxygen atoms in total. The van der Waals surface area contributed by atoms with Crippen LogP contribution in [0.4, 0.5) is 0 Å². The fourth-order valence-corrected chi connectivity index (χ4v) is 3.69. The molecule has 1 N–H and O–H groups in total. The Bertz CT molecular complexity index is 233. The lowest BCUT2D eigenvalue weighted by molar-refractivity contribution is 0.0289. The second-order valence-corrected chi connectivity index (χ2v) is 6.47. The third-order valence-electron chi connectivity index (χ3n) is 4.84. The zero-order valence-electron chi connectivity index (χ0n) is 10.8. The Morgan fingerprint density at radius 1 is 1.00 bits per heavy atom. The summed E-state index contributed by atoms with van der Waals surface area (Å²) in [7, 11) is 0. The minimum Gasteiger partial charge on any atom is -0.311 e. The number of hydrogen-bond donors (Lipinski definition) is 1. The van der Waals surface area contributed by atoms with Crippen LogP contribution in [-0.4, -0.2) is 36.1 Å². The van der Waals surface area contributed by atoms with Gasteiger partial charge >= 0.3 is 0 Å². The van der Waals surface area contributed by atoms with Gasteiger partial charge in [-0.15, -0.1) is 0 Å². The molecule has 2 saturated carbocycles. The first-order chi connectivity index (χ1) is 7.74. The fraction of sp³-hybridized carbons (Fsp3) is 1.00. The molecule has 2 bridgehead atoms. The minimum absolute atomic E-state index is 0.741. The first-order valence-corrected chi connectivity index (χ1v) is 7.24. The highest BCUT2D eigenvalue weighted by Gasteiger charge is 2.41. The molecule has 92 valence electrons. The van der Waals surface area contributed by atoms with Gasteiger partial charge in [-0.25, -0.2) is 0 Å². The molecule has 3 fully saturated rings. The number of hydrogen-bond acceptors (Lipinski definition) is 2. The zero-order valence-corrected chi connectivity index (χ0v) is 10.8. The maximum absolute atomic E-state index is 3.93. The number of likely N-dealkylation sites (tertiary alicyclic amines) is 1. The van der Waals surface area contributed by atoms with E-state index in [0.29, 0.717) is 0 Å². The van der Waals surface area contributed by atoms with E-state index in [4.69, 9.17) is 0 Å². The van der Waals surface area contributed by atoms with E-state index in [2.05, 4.69) is 24.1 Å². The maximum atomic E-state index is 3.93. The number of nitrogens with zero attached hydrogens (tertiary/aromatic N) is 1. The first-order valence-electron chi connectivity index (χ1n) is 7.24. The Hall–Kier alpha value is -0.0800. The van der Waals surface area contributed by atoms with Gasteiger partial charge in [0, 0.05) is 31.2 Å². The van der Waals surface area contributed by atoms with Crippen LogP contribution in [-0.2, 0) is 0 Å². The van der Waals surface area contributed by atoms with Crippen molar-refractivity contribution in [2.45, 2.75) is 64.1 Å². The molecule has 1 heterocycles. The topological polar surface area (TPSA) is 15.3 Å². The van der Waals surface area contributed by atoms with Gasteiger partial charge in [-0.3, -0.25) is 0 Å². The van der Waals surface area contributed by atoms with Crippen LogP contribution in [0.3, 0.4) is 0 Å². The Labute approximate surface area is 99.8 Å². The molecule has 1 saturated heterocycles. The Morgan fingerprint density at radius 3 is 2.12 bits per heavy atom. The van der Waals surface area contributed by atoms with Crippen molar-refractivity contribution < 1.29 is 0 Å². The first kappa shape index (κ1) is 11.0. The van der Waals surface area contributed by atoms with E-state index in [0.717, 1.165) is 30.0 Å². The van der Waals surface area contributed by atoms with E-state index in [1.165, 1.54) is 45.2 Å². The molecule has 16 heavy (non-hydrogen) atoms. The molecule has 0 radical (unpaired) electrons. The highest BCUT2D eigenvalue weighted by Crippen LogP contribution is 2.37. The van der Waals surface area contributed by atoms with Crippen molar-refractivity contribution in [2.75, 3.05) is 13.1 Å². The molecule has 0 spiro atoms. The van der Waals surface area contributed by atoms with Crippen LogP contribution < -0.4 is 5.32 Å². The molecule has 2 unspecified atom stereocenters. The van der Waals surface area contributed by atoms with E-state index >= 15 is 0 Å². The quantitative estimate of drug-likeness (QED) is 0.788. The van der Waals surface area contributed by atoms with E-state index in [1.54, 1.807) is 0 Å². The van der Waals surface area contributed by atoms with Crippen LogP contribution in [0.5, 0.6) is 0 Å². The lowest BCUT2D eigenvalue weighted by Gasteiger charge is -2.49. The van der Waals surface area contributed by atoms with Crippen LogP contribution in [0.1, 0.15) is 46.0 Å². The third kappa shape index (κ3) is 2.14. The molecule has 0 aromatic carbocycles. The zero-order chi connectivity index (χ0) is 11.1. The molecule has 0 aromatic rings. The summed E-state index contributed by atoms with van der Waals surface area (Å²) in [6.45, 7) is 7.39. The SMILES string of the molecule is CC(C)N1CC2CCCC(C1)C2NC1CC1. The predicted molar refractivity (Wildman–Crippen MR) is 67.5 cm³/mol. The summed E-state index contributed by atoms with van der Waals surface area (Å²) >= 11 is 0. The van der Waals surface area contributed by atoms with Crippen molar-refractivity contribution in [1.29, 1.82) is 0 Å².